The van der Waals surface area contributed by atoms with Crippen LogP contribution in [0, 0.1) is 0 Å². The van der Waals surface area contributed by atoms with Crippen LogP contribution in [0.25, 0.3) is 22.2 Å². The summed E-state index contributed by atoms with van der Waals surface area (Å²) in [5.74, 6) is 1.21. The van der Waals surface area contributed by atoms with Gasteiger partial charge in [0.05, 0.1) is 41.9 Å². The molecular weight excluding hydrogens is 512 g/mol. The van der Waals surface area contributed by atoms with Crippen molar-refractivity contribution in [1.82, 2.24) is 19.9 Å². The molecule has 0 bridgehead atoms. The van der Waals surface area contributed by atoms with Crippen LogP contribution in [0.1, 0.15) is 26.7 Å². The molecule has 2 aliphatic heterocycles. The predicted molar refractivity (Wildman–Crippen MR) is 157 cm³/mol. The molecule has 0 saturated carbocycles. The second-order valence-corrected chi connectivity index (χ2v) is 11.0. The zero-order valence-electron chi connectivity index (χ0n) is 22.7. The zero-order chi connectivity index (χ0) is 26.9. The number of H-pyrrole nitrogens is 1. The van der Waals surface area contributed by atoms with Crippen LogP contribution in [0.5, 0.6) is 5.75 Å². The van der Waals surface area contributed by atoms with E-state index < -0.39 is 0 Å². The van der Waals surface area contributed by atoms with Gasteiger partial charge in [-0.3, -0.25) is 4.90 Å². The molecule has 0 amide bonds. The number of nitrogens with one attached hydrogen (secondary N) is 2. The normalized spacial score (nSPS) is 20.9. The zero-order valence-corrected chi connectivity index (χ0v) is 23.4. The number of hydrogen-bond donors (Lipinski definition) is 2. The standard InChI is InChI=1S/C30H35ClN6O2/c1-19-17-37(18-20(2)39-19)21-10-12-36(13-11-21)22-8-9-27(28(14-22)38-3)34-30-33-16-25(31)29(35-30)24-15-32-26-7-5-4-6-23(24)26/h4-9,14-16,19-21,32H,10-13,17-18H2,1-3H3,(H,33,34,35)/t19-,20+. The van der Waals surface area contributed by atoms with Gasteiger partial charge in [-0.25, -0.2) is 9.97 Å². The molecule has 0 radical (unpaired) electrons. The number of rotatable bonds is 6. The summed E-state index contributed by atoms with van der Waals surface area (Å²) in [7, 11) is 1.69. The maximum absolute atomic E-state index is 6.52. The fourth-order valence-electron chi connectivity index (χ4n) is 5.99. The third kappa shape index (κ3) is 5.41. The first-order chi connectivity index (χ1) is 19.0. The largest absolute Gasteiger partial charge is 0.494 e. The van der Waals surface area contributed by atoms with Gasteiger partial charge in [0.1, 0.15) is 5.75 Å². The molecule has 4 heterocycles. The molecule has 2 aliphatic rings. The highest BCUT2D eigenvalue weighted by atomic mass is 35.5. The molecule has 8 nitrogen and oxygen atoms in total. The third-order valence-electron chi connectivity index (χ3n) is 7.81. The highest BCUT2D eigenvalue weighted by Crippen LogP contribution is 2.36. The van der Waals surface area contributed by atoms with E-state index in [1.807, 2.05) is 30.5 Å². The lowest BCUT2D eigenvalue weighted by Gasteiger charge is -2.44. The minimum Gasteiger partial charge on any atom is -0.494 e. The van der Waals surface area contributed by atoms with Crippen molar-refractivity contribution in [3.8, 4) is 17.0 Å². The number of methoxy groups -OCH3 is 1. The first-order valence-corrected chi connectivity index (χ1v) is 14.0. The lowest BCUT2D eigenvalue weighted by molar-refractivity contribution is -0.0826. The molecule has 0 spiro atoms. The average molecular weight is 547 g/mol. The molecule has 39 heavy (non-hydrogen) atoms. The van der Waals surface area contributed by atoms with Crippen LogP contribution in [0.3, 0.4) is 0 Å². The van der Waals surface area contributed by atoms with Crippen molar-refractivity contribution in [3.05, 3.63) is 59.9 Å². The molecule has 0 unspecified atom stereocenters. The summed E-state index contributed by atoms with van der Waals surface area (Å²) in [5.41, 5.74) is 4.62. The summed E-state index contributed by atoms with van der Waals surface area (Å²) in [6.45, 7) is 8.45. The molecule has 2 fully saturated rings. The number of halogens is 1. The minimum absolute atomic E-state index is 0.305. The van der Waals surface area contributed by atoms with Crippen LogP contribution in [0.2, 0.25) is 5.02 Å². The molecule has 2 aromatic heterocycles. The lowest BCUT2D eigenvalue weighted by atomic mass is 10.0. The van der Waals surface area contributed by atoms with Crippen LogP contribution in [-0.4, -0.2) is 71.4 Å². The molecule has 6 rings (SSSR count). The first-order valence-electron chi connectivity index (χ1n) is 13.7. The number of para-hydroxylation sites is 1. The Labute approximate surface area is 234 Å². The molecule has 2 aromatic carbocycles. The molecule has 4 aromatic rings. The molecule has 9 heteroatoms. The number of hydrogen-bond acceptors (Lipinski definition) is 7. The number of aromatic nitrogens is 3. The van der Waals surface area contributed by atoms with Crippen molar-refractivity contribution in [3.63, 3.8) is 0 Å². The summed E-state index contributed by atoms with van der Waals surface area (Å²) >= 11 is 6.52. The average Bonchev–Trinajstić information content (AvgIpc) is 3.38. The fraction of sp³-hybridized carbons (Fsp3) is 0.400. The Morgan fingerprint density at radius 3 is 2.62 bits per heavy atom. The van der Waals surface area contributed by atoms with Gasteiger partial charge in [0.15, 0.2) is 0 Å². The quantitative estimate of drug-likeness (QED) is 0.302. The van der Waals surface area contributed by atoms with Crippen molar-refractivity contribution < 1.29 is 9.47 Å². The Morgan fingerprint density at radius 1 is 1.08 bits per heavy atom. The van der Waals surface area contributed by atoms with Gasteiger partial charge < -0.3 is 24.7 Å². The van der Waals surface area contributed by atoms with E-state index in [2.05, 4.69) is 57.1 Å². The SMILES string of the molecule is COc1cc(N2CCC(N3C[C@@H](C)O[C@@H](C)C3)CC2)ccc1Nc1ncc(Cl)c(-c2c[nH]c3ccccc23)n1. The molecule has 0 aliphatic carbocycles. The Balaban J connectivity index is 1.16. The maximum atomic E-state index is 6.52. The minimum atomic E-state index is 0.305. The number of piperidine rings is 1. The number of anilines is 3. The van der Waals surface area contributed by atoms with Gasteiger partial charge in [-0.1, -0.05) is 29.8 Å². The van der Waals surface area contributed by atoms with E-state index in [9.17, 15) is 0 Å². The van der Waals surface area contributed by atoms with Crippen LogP contribution < -0.4 is 15.0 Å². The van der Waals surface area contributed by atoms with Crippen LogP contribution in [0.15, 0.2) is 54.9 Å². The predicted octanol–water partition coefficient (Wildman–Crippen LogP) is 6.11. The summed E-state index contributed by atoms with van der Waals surface area (Å²) in [6.07, 6.45) is 6.47. The van der Waals surface area contributed by atoms with Gasteiger partial charge in [-0.15, -0.1) is 0 Å². The van der Waals surface area contributed by atoms with Gasteiger partial charge in [0.2, 0.25) is 5.95 Å². The van der Waals surface area contributed by atoms with Crippen LogP contribution in [-0.2, 0) is 4.74 Å². The van der Waals surface area contributed by atoms with Gasteiger partial charge in [-0.05, 0) is 44.9 Å². The monoisotopic (exact) mass is 546 g/mol. The number of ether oxygens (including phenoxy) is 2. The number of morpholine rings is 1. The van der Waals surface area contributed by atoms with Crippen molar-refractivity contribution in [2.45, 2.75) is 44.9 Å². The van der Waals surface area contributed by atoms with E-state index in [1.165, 1.54) is 0 Å². The number of nitrogens with zero attached hydrogens (tertiary/aromatic N) is 4. The summed E-state index contributed by atoms with van der Waals surface area (Å²) in [6, 6.07) is 15.0. The van der Waals surface area contributed by atoms with Crippen molar-refractivity contribution in [2.24, 2.45) is 0 Å². The first kappa shape index (κ1) is 25.9. The Hall–Kier alpha value is -3.33. The highest BCUT2D eigenvalue weighted by molar-refractivity contribution is 6.33. The fourth-order valence-corrected chi connectivity index (χ4v) is 6.18. The topological polar surface area (TPSA) is 78.5 Å². The third-order valence-corrected chi connectivity index (χ3v) is 8.09. The number of fused-ring (bicyclic) bond motifs is 1. The van der Waals surface area contributed by atoms with E-state index in [0.717, 1.165) is 72.6 Å². The number of aromatic amines is 1. The van der Waals surface area contributed by atoms with E-state index in [4.69, 9.17) is 26.1 Å². The molecule has 2 N–H and O–H groups in total. The highest BCUT2D eigenvalue weighted by Gasteiger charge is 2.30. The van der Waals surface area contributed by atoms with E-state index >= 15 is 0 Å². The molecule has 204 valence electrons. The van der Waals surface area contributed by atoms with Crippen molar-refractivity contribution in [2.75, 3.05) is 43.5 Å². The smallest absolute Gasteiger partial charge is 0.227 e. The van der Waals surface area contributed by atoms with E-state index in [1.54, 1.807) is 13.3 Å². The molecule has 2 atom stereocenters. The summed E-state index contributed by atoms with van der Waals surface area (Å²) in [4.78, 5) is 17.6. The van der Waals surface area contributed by atoms with Crippen molar-refractivity contribution in [1.29, 1.82) is 0 Å². The Kier molecular flexibility index (Phi) is 7.34. The second kappa shape index (κ2) is 11.0. The van der Waals surface area contributed by atoms with E-state index in [-0.39, 0.29) is 0 Å². The second-order valence-electron chi connectivity index (χ2n) is 10.6. The van der Waals surface area contributed by atoms with Gasteiger partial charge >= 0.3 is 0 Å². The Morgan fingerprint density at radius 2 is 1.85 bits per heavy atom. The summed E-state index contributed by atoms with van der Waals surface area (Å²) < 4.78 is 11.7. The maximum Gasteiger partial charge on any atom is 0.227 e. The number of benzene rings is 2. The van der Waals surface area contributed by atoms with E-state index in [0.29, 0.717) is 34.9 Å². The van der Waals surface area contributed by atoms with Gasteiger partial charge in [-0.2, -0.15) is 0 Å². The van der Waals surface area contributed by atoms with Gasteiger partial charge in [0.25, 0.3) is 0 Å². The Bertz CT molecular complexity index is 1440. The van der Waals surface area contributed by atoms with Crippen molar-refractivity contribution >= 4 is 39.8 Å². The lowest BCUT2D eigenvalue weighted by Crippen LogP contribution is -2.53. The summed E-state index contributed by atoms with van der Waals surface area (Å²) in [5, 5.41) is 4.90. The van der Waals surface area contributed by atoms with Gasteiger partial charge in [0, 0.05) is 66.6 Å². The van der Waals surface area contributed by atoms with Crippen LogP contribution >= 0.6 is 11.6 Å². The van der Waals surface area contributed by atoms with Crippen LogP contribution in [0.4, 0.5) is 17.3 Å². The molecule has 2 saturated heterocycles. The molecular formula is C30H35ClN6O2.